The highest BCUT2D eigenvalue weighted by Gasteiger charge is 2.26. The van der Waals surface area contributed by atoms with Crippen molar-refractivity contribution in [3.05, 3.63) is 23.8 Å². The Morgan fingerprint density at radius 3 is 2.36 bits per heavy atom. The molecule has 140 valence electrons. The number of ether oxygens (including phenoxy) is 2. The van der Waals surface area contributed by atoms with E-state index < -0.39 is 23.8 Å². The average molecular weight is 355 g/mol. The number of nitrogens with one attached hydrogen (secondary N) is 2. The third-order valence-corrected chi connectivity index (χ3v) is 2.91. The van der Waals surface area contributed by atoms with E-state index in [1.165, 1.54) is 27.2 Å². The molecular weight excluding hydrogens is 330 g/mol. The second-order valence-electron chi connectivity index (χ2n) is 4.35. The van der Waals surface area contributed by atoms with E-state index in [9.17, 15) is 14.4 Å². The summed E-state index contributed by atoms with van der Waals surface area (Å²) < 4.78 is 10.4. The minimum absolute atomic E-state index is 0.0276. The van der Waals surface area contributed by atoms with Crippen LogP contribution in [0.1, 0.15) is 16.8 Å². The third-order valence-electron chi connectivity index (χ3n) is 2.91. The van der Waals surface area contributed by atoms with Crippen molar-refractivity contribution >= 4 is 17.7 Å². The van der Waals surface area contributed by atoms with Crippen LogP contribution >= 0.6 is 0 Å². The van der Waals surface area contributed by atoms with Crippen molar-refractivity contribution < 1.29 is 23.9 Å². The minimum atomic E-state index is -1.04. The topological polar surface area (TPSA) is 172 Å². The quantitative estimate of drug-likeness (QED) is 0.418. The number of likely N-dealkylation sites (N-methyl/N-ethyl adjacent to an activating group) is 1. The Labute approximate surface area is 146 Å². The van der Waals surface area contributed by atoms with E-state index in [1.54, 1.807) is 12.1 Å². The van der Waals surface area contributed by atoms with E-state index in [0.717, 1.165) is 0 Å². The van der Waals surface area contributed by atoms with Gasteiger partial charge in [-0.05, 0) is 26.2 Å². The fourth-order valence-corrected chi connectivity index (χ4v) is 1.93. The molecule has 0 saturated carbocycles. The Morgan fingerprint density at radius 2 is 1.80 bits per heavy atom. The van der Waals surface area contributed by atoms with Crippen LogP contribution in [0.15, 0.2) is 18.2 Å². The van der Waals surface area contributed by atoms with Gasteiger partial charge >= 0.3 is 0 Å². The van der Waals surface area contributed by atoms with Gasteiger partial charge in [-0.1, -0.05) is 6.07 Å². The number of hydrogen-bond donors (Lipinski definition) is 5. The highest BCUT2D eigenvalue weighted by Crippen LogP contribution is 2.35. The lowest BCUT2D eigenvalue weighted by molar-refractivity contribution is -0.126. The number of para-hydroxylation sites is 1. The van der Waals surface area contributed by atoms with Gasteiger partial charge in [-0.25, -0.2) is 0 Å². The first kappa shape index (κ1) is 22.1. The first-order valence-electron chi connectivity index (χ1n) is 7.37. The van der Waals surface area contributed by atoms with E-state index in [-0.39, 0.29) is 18.8 Å². The van der Waals surface area contributed by atoms with E-state index in [2.05, 4.69) is 22.1 Å². The van der Waals surface area contributed by atoms with Gasteiger partial charge in [0.25, 0.3) is 5.91 Å². The van der Waals surface area contributed by atoms with Crippen molar-refractivity contribution in [1.82, 2.24) is 10.6 Å². The molecule has 25 heavy (non-hydrogen) atoms. The molecular formula is C15H25N5O5. The van der Waals surface area contributed by atoms with Crippen LogP contribution in [0.3, 0.4) is 0 Å². The SMILES string of the molecule is CN.CN.CNC(=O)[C@H](CC(N)=O)NC(=O)c1cccc2c1OCO2. The molecule has 0 radical (unpaired) electrons. The van der Waals surface area contributed by atoms with Crippen LogP contribution in [0.4, 0.5) is 0 Å². The van der Waals surface area contributed by atoms with Crippen LogP contribution in [0.5, 0.6) is 11.5 Å². The van der Waals surface area contributed by atoms with Gasteiger partial charge in [0.15, 0.2) is 11.5 Å². The zero-order valence-corrected chi connectivity index (χ0v) is 14.5. The molecule has 2 rings (SSSR count). The monoisotopic (exact) mass is 355 g/mol. The maximum atomic E-state index is 12.2. The van der Waals surface area contributed by atoms with E-state index in [0.29, 0.717) is 11.5 Å². The molecule has 3 amide bonds. The minimum Gasteiger partial charge on any atom is -0.454 e. The number of carbonyl (C=O) groups is 3. The van der Waals surface area contributed by atoms with Crippen LogP contribution in [-0.4, -0.2) is 51.7 Å². The average Bonchev–Trinajstić information content (AvgIpc) is 3.12. The molecule has 8 N–H and O–H groups in total. The maximum absolute atomic E-state index is 12.2. The van der Waals surface area contributed by atoms with Gasteiger partial charge < -0.3 is 37.3 Å². The van der Waals surface area contributed by atoms with Gasteiger partial charge in [0, 0.05) is 7.05 Å². The second-order valence-corrected chi connectivity index (χ2v) is 4.35. The van der Waals surface area contributed by atoms with Crippen LogP contribution < -0.4 is 37.3 Å². The summed E-state index contributed by atoms with van der Waals surface area (Å²) in [5.41, 5.74) is 14.3. The first-order valence-corrected chi connectivity index (χ1v) is 7.37. The number of amides is 3. The molecule has 0 aromatic heterocycles. The van der Waals surface area contributed by atoms with Crippen molar-refractivity contribution in [2.75, 3.05) is 27.9 Å². The maximum Gasteiger partial charge on any atom is 0.255 e. The lowest BCUT2D eigenvalue weighted by Gasteiger charge is -2.16. The van der Waals surface area contributed by atoms with Crippen molar-refractivity contribution in [1.29, 1.82) is 0 Å². The number of rotatable bonds is 5. The number of carbonyl (C=O) groups excluding carboxylic acids is 3. The summed E-state index contributed by atoms with van der Waals surface area (Å²) in [5.74, 6) is -0.986. The van der Waals surface area contributed by atoms with Gasteiger partial charge in [0.05, 0.1) is 12.0 Å². The third kappa shape index (κ3) is 6.28. The number of hydrogen-bond acceptors (Lipinski definition) is 7. The molecule has 1 aromatic carbocycles. The number of fused-ring (bicyclic) bond motifs is 1. The largest absolute Gasteiger partial charge is 0.454 e. The molecule has 1 aromatic rings. The van der Waals surface area contributed by atoms with Gasteiger partial charge in [-0.3, -0.25) is 14.4 Å². The highest BCUT2D eigenvalue weighted by atomic mass is 16.7. The molecule has 0 fully saturated rings. The lowest BCUT2D eigenvalue weighted by Crippen LogP contribution is -2.47. The summed E-state index contributed by atoms with van der Waals surface area (Å²) in [4.78, 5) is 34.9. The Hall–Kier alpha value is -2.85. The Balaban J connectivity index is 0.00000134. The summed E-state index contributed by atoms with van der Waals surface area (Å²) >= 11 is 0. The summed E-state index contributed by atoms with van der Waals surface area (Å²) in [5, 5.41) is 4.82. The molecule has 0 bridgehead atoms. The van der Waals surface area contributed by atoms with Crippen molar-refractivity contribution in [3.8, 4) is 11.5 Å². The second kappa shape index (κ2) is 11.6. The van der Waals surface area contributed by atoms with E-state index in [1.807, 2.05) is 0 Å². The number of benzene rings is 1. The summed E-state index contributed by atoms with van der Waals surface area (Å²) in [6.45, 7) is 0.0276. The van der Waals surface area contributed by atoms with E-state index in [4.69, 9.17) is 15.2 Å². The Morgan fingerprint density at radius 1 is 1.16 bits per heavy atom. The fraction of sp³-hybridized carbons (Fsp3) is 0.400. The molecule has 1 atom stereocenters. The van der Waals surface area contributed by atoms with Crippen molar-refractivity contribution in [2.45, 2.75) is 12.5 Å². The molecule has 10 nitrogen and oxygen atoms in total. The molecule has 0 aliphatic carbocycles. The molecule has 1 heterocycles. The summed E-state index contributed by atoms with van der Waals surface area (Å²) in [6, 6.07) is 3.79. The molecule has 10 heteroatoms. The standard InChI is InChI=1S/C13H15N3O5.2CH5N/c1-15-13(19)8(5-10(14)17)16-12(18)7-3-2-4-9-11(7)21-6-20-9;2*1-2/h2-4,8H,5-6H2,1H3,(H2,14,17)(H,15,19)(H,16,18);2*2H2,1H3/t8-;;/m0../s1. The number of nitrogens with two attached hydrogens (primary N) is 3. The zero-order chi connectivity index (χ0) is 19.4. The fourth-order valence-electron chi connectivity index (χ4n) is 1.93. The molecule has 1 aliphatic rings. The van der Waals surface area contributed by atoms with E-state index >= 15 is 0 Å². The zero-order valence-electron chi connectivity index (χ0n) is 14.5. The van der Waals surface area contributed by atoms with Crippen molar-refractivity contribution in [2.24, 2.45) is 17.2 Å². The highest BCUT2D eigenvalue weighted by molar-refractivity contribution is 6.01. The summed E-state index contributed by atoms with van der Waals surface area (Å²) in [6.07, 6.45) is -0.294. The Bertz CT molecular complexity index is 594. The lowest BCUT2D eigenvalue weighted by atomic mass is 10.1. The first-order chi connectivity index (χ1) is 12.0. The predicted octanol–water partition coefficient (Wildman–Crippen LogP) is -1.72. The summed E-state index contributed by atoms with van der Waals surface area (Å²) in [7, 11) is 4.40. The van der Waals surface area contributed by atoms with Crippen LogP contribution in [0.25, 0.3) is 0 Å². The van der Waals surface area contributed by atoms with Crippen molar-refractivity contribution in [3.63, 3.8) is 0 Å². The van der Waals surface area contributed by atoms with Crippen LogP contribution in [0, 0.1) is 0 Å². The Kier molecular flexibility index (Phi) is 10.3. The van der Waals surface area contributed by atoms with Gasteiger partial charge in [0.1, 0.15) is 6.04 Å². The van der Waals surface area contributed by atoms with Gasteiger partial charge in [0.2, 0.25) is 18.6 Å². The molecule has 1 aliphatic heterocycles. The smallest absolute Gasteiger partial charge is 0.255 e. The normalized spacial score (nSPS) is 11.7. The van der Waals surface area contributed by atoms with Crippen LogP contribution in [-0.2, 0) is 9.59 Å². The predicted molar refractivity (Wildman–Crippen MR) is 91.9 cm³/mol. The molecule has 0 unspecified atom stereocenters. The van der Waals surface area contributed by atoms with Crippen LogP contribution in [0.2, 0.25) is 0 Å². The molecule has 0 saturated heterocycles. The molecule has 0 spiro atoms. The van der Waals surface area contributed by atoms with Gasteiger partial charge in [-0.2, -0.15) is 0 Å². The number of primary amides is 1. The van der Waals surface area contributed by atoms with Gasteiger partial charge in [-0.15, -0.1) is 0 Å².